The van der Waals surface area contributed by atoms with E-state index >= 15 is 0 Å². The Morgan fingerprint density at radius 2 is 1.84 bits per heavy atom. The maximum Gasteiger partial charge on any atom is 0.126 e. The molecule has 2 aromatic rings. The Balaban J connectivity index is 1.80. The van der Waals surface area contributed by atoms with Crippen LogP contribution in [0.4, 0.5) is 10.1 Å². The molecule has 0 aromatic heterocycles. The lowest BCUT2D eigenvalue weighted by Gasteiger charge is -2.09. The highest BCUT2D eigenvalue weighted by Crippen LogP contribution is 2.19. The van der Waals surface area contributed by atoms with Gasteiger partial charge in [-0.1, -0.05) is 18.2 Å². The van der Waals surface area contributed by atoms with Gasteiger partial charge in [0, 0.05) is 11.8 Å². The van der Waals surface area contributed by atoms with Crippen LogP contribution in [0.25, 0.3) is 0 Å². The third-order valence-electron chi connectivity index (χ3n) is 3.00. The Hall–Kier alpha value is -2.03. The molecule has 0 saturated heterocycles. The molecular weight excluding hydrogens is 241 g/mol. The lowest BCUT2D eigenvalue weighted by atomic mass is 10.1. The first kappa shape index (κ1) is 13.4. The van der Waals surface area contributed by atoms with E-state index in [1.807, 2.05) is 31.2 Å². The lowest BCUT2D eigenvalue weighted by molar-refractivity contribution is 0.307. The molecule has 0 unspecified atom stereocenters. The maximum absolute atomic E-state index is 13.1. The van der Waals surface area contributed by atoms with E-state index < -0.39 is 0 Å². The summed E-state index contributed by atoms with van der Waals surface area (Å²) in [4.78, 5) is 0. The summed E-state index contributed by atoms with van der Waals surface area (Å²) in [7, 11) is 0. The number of nitrogens with two attached hydrogens (primary N) is 1. The molecule has 0 atom stereocenters. The van der Waals surface area contributed by atoms with Crippen LogP contribution in [0.3, 0.4) is 0 Å². The van der Waals surface area contributed by atoms with Crippen LogP contribution in [0.1, 0.15) is 17.5 Å². The SMILES string of the molecule is Cc1ccc(F)cc1OCCCc1ccc(N)cc1. The van der Waals surface area contributed by atoms with E-state index in [0.29, 0.717) is 12.4 Å². The van der Waals surface area contributed by atoms with Crippen molar-refractivity contribution >= 4 is 5.69 Å². The van der Waals surface area contributed by atoms with E-state index in [0.717, 1.165) is 24.1 Å². The topological polar surface area (TPSA) is 35.2 Å². The summed E-state index contributed by atoms with van der Waals surface area (Å²) in [5, 5.41) is 0. The third kappa shape index (κ3) is 3.98. The number of halogens is 1. The molecule has 100 valence electrons. The van der Waals surface area contributed by atoms with Crippen molar-refractivity contribution in [2.45, 2.75) is 19.8 Å². The summed E-state index contributed by atoms with van der Waals surface area (Å²) in [5.41, 5.74) is 8.58. The van der Waals surface area contributed by atoms with Gasteiger partial charge in [0.15, 0.2) is 0 Å². The van der Waals surface area contributed by atoms with Gasteiger partial charge in [0.25, 0.3) is 0 Å². The Morgan fingerprint density at radius 3 is 2.58 bits per heavy atom. The number of nitrogen functional groups attached to an aromatic ring is 1. The standard InChI is InChI=1S/C16H18FNO/c1-12-4-7-14(17)11-16(12)19-10-2-3-13-5-8-15(18)9-6-13/h4-9,11H,2-3,10,18H2,1H3. The molecule has 3 heteroatoms. The predicted molar refractivity (Wildman–Crippen MR) is 75.8 cm³/mol. The molecule has 0 aliphatic rings. The number of anilines is 1. The molecule has 0 heterocycles. The first-order valence-corrected chi connectivity index (χ1v) is 6.38. The van der Waals surface area contributed by atoms with Crippen molar-refractivity contribution in [2.75, 3.05) is 12.3 Å². The molecule has 0 spiro atoms. The molecule has 0 radical (unpaired) electrons. The van der Waals surface area contributed by atoms with Crippen LogP contribution in [-0.2, 0) is 6.42 Å². The van der Waals surface area contributed by atoms with Crippen LogP contribution < -0.4 is 10.5 Å². The van der Waals surface area contributed by atoms with E-state index in [2.05, 4.69) is 0 Å². The van der Waals surface area contributed by atoms with Crippen molar-refractivity contribution in [3.05, 3.63) is 59.4 Å². The van der Waals surface area contributed by atoms with Crippen LogP contribution in [0.2, 0.25) is 0 Å². The van der Waals surface area contributed by atoms with Gasteiger partial charge in [0.1, 0.15) is 11.6 Å². The highest BCUT2D eigenvalue weighted by atomic mass is 19.1. The number of ether oxygens (including phenoxy) is 1. The van der Waals surface area contributed by atoms with E-state index in [9.17, 15) is 4.39 Å². The van der Waals surface area contributed by atoms with Gasteiger partial charge in [-0.2, -0.15) is 0 Å². The maximum atomic E-state index is 13.1. The first-order chi connectivity index (χ1) is 9.15. The van der Waals surface area contributed by atoms with Crippen molar-refractivity contribution in [1.82, 2.24) is 0 Å². The van der Waals surface area contributed by atoms with Gasteiger partial charge >= 0.3 is 0 Å². The molecule has 0 aliphatic heterocycles. The van der Waals surface area contributed by atoms with Gasteiger partial charge in [-0.15, -0.1) is 0 Å². The Labute approximate surface area is 113 Å². The number of aryl methyl sites for hydroxylation is 2. The monoisotopic (exact) mass is 259 g/mol. The second-order valence-electron chi connectivity index (χ2n) is 4.60. The second-order valence-corrected chi connectivity index (χ2v) is 4.60. The van der Waals surface area contributed by atoms with Crippen LogP contribution in [-0.4, -0.2) is 6.61 Å². The van der Waals surface area contributed by atoms with Gasteiger partial charge in [-0.05, 0) is 49.1 Å². The van der Waals surface area contributed by atoms with E-state index in [4.69, 9.17) is 10.5 Å². The van der Waals surface area contributed by atoms with Crippen molar-refractivity contribution < 1.29 is 9.13 Å². The van der Waals surface area contributed by atoms with Gasteiger partial charge < -0.3 is 10.5 Å². The summed E-state index contributed by atoms with van der Waals surface area (Å²) >= 11 is 0. The highest BCUT2D eigenvalue weighted by molar-refractivity contribution is 5.39. The van der Waals surface area contributed by atoms with Crippen LogP contribution >= 0.6 is 0 Å². The van der Waals surface area contributed by atoms with Crippen molar-refractivity contribution in [3.8, 4) is 5.75 Å². The molecule has 0 fully saturated rings. The Morgan fingerprint density at radius 1 is 1.11 bits per heavy atom. The van der Waals surface area contributed by atoms with Crippen LogP contribution in [0.15, 0.2) is 42.5 Å². The van der Waals surface area contributed by atoms with Crippen molar-refractivity contribution in [3.63, 3.8) is 0 Å². The Kier molecular flexibility index (Phi) is 4.39. The zero-order valence-corrected chi connectivity index (χ0v) is 11.0. The average Bonchev–Trinajstić information content (AvgIpc) is 2.40. The first-order valence-electron chi connectivity index (χ1n) is 6.38. The van der Waals surface area contributed by atoms with Crippen molar-refractivity contribution in [2.24, 2.45) is 0 Å². The van der Waals surface area contributed by atoms with Crippen LogP contribution in [0, 0.1) is 12.7 Å². The summed E-state index contributed by atoms with van der Waals surface area (Å²) in [5.74, 6) is 0.358. The van der Waals surface area contributed by atoms with E-state index in [1.54, 1.807) is 6.07 Å². The molecule has 0 aliphatic carbocycles. The van der Waals surface area contributed by atoms with E-state index in [1.165, 1.54) is 17.7 Å². The third-order valence-corrected chi connectivity index (χ3v) is 3.00. The minimum absolute atomic E-state index is 0.265. The summed E-state index contributed by atoms with van der Waals surface area (Å²) in [6.07, 6.45) is 1.81. The largest absolute Gasteiger partial charge is 0.493 e. The molecule has 2 nitrogen and oxygen atoms in total. The number of rotatable bonds is 5. The fraction of sp³-hybridized carbons (Fsp3) is 0.250. The van der Waals surface area contributed by atoms with Gasteiger partial charge in [0.2, 0.25) is 0 Å². The lowest BCUT2D eigenvalue weighted by Crippen LogP contribution is -2.01. The molecule has 0 amide bonds. The van der Waals surface area contributed by atoms with Gasteiger partial charge in [-0.25, -0.2) is 4.39 Å². The summed E-state index contributed by atoms with van der Waals surface area (Å²) in [6, 6.07) is 12.4. The normalized spacial score (nSPS) is 10.4. The zero-order valence-electron chi connectivity index (χ0n) is 11.0. The quantitative estimate of drug-likeness (QED) is 0.656. The smallest absolute Gasteiger partial charge is 0.126 e. The molecule has 2 aromatic carbocycles. The second kappa shape index (κ2) is 6.23. The Bertz CT molecular complexity index is 537. The number of hydrogen-bond donors (Lipinski definition) is 1. The van der Waals surface area contributed by atoms with Gasteiger partial charge in [-0.3, -0.25) is 0 Å². The molecule has 0 saturated carbocycles. The van der Waals surface area contributed by atoms with Gasteiger partial charge in [0.05, 0.1) is 6.61 Å². The van der Waals surface area contributed by atoms with Crippen molar-refractivity contribution in [1.29, 1.82) is 0 Å². The summed E-state index contributed by atoms with van der Waals surface area (Å²) < 4.78 is 18.7. The fourth-order valence-corrected chi connectivity index (χ4v) is 1.87. The molecule has 19 heavy (non-hydrogen) atoms. The molecule has 2 N–H and O–H groups in total. The predicted octanol–water partition coefficient (Wildman–Crippen LogP) is 3.73. The minimum atomic E-state index is -0.265. The summed E-state index contributed by atoms with van der Waals surface area (Å²) in [6.45, 7) is 2.49. The highest BCUT2D eigenvalue weighted by Gasteiger charge is 2.01. The fourth-order valence-electron chi connectivity index (χ4n) is 1.87. The molecule has 2 rings (SSSR count). The minimum Gasteiger partial charge on any atom is -0.493 e. The number of hydrogen-bond acceptors (Lipinski definition) is 2. The average molecular weight is 259 g/mol. The molecular formula is C16H18FNO. The molecule has 0 bridgehead atoms. The van der Waals surface area contributed by atoms with Crippen LogP contribution in [0.5, 0.6) is 5.75 Å². The number of benzene rings is 2. The van der Waals surface area contributed by atoms with E-state index in [-0.39, 0.29) is 5.82 Å². The zero-order chi connectivity index (χ0) is 13.7.